The maximum absolute atomic E-state index is 13.7. The van der Waals surface area contributed by atoms with Crippen LogP contribution >= 0.6 is 0 Å². The Bertz CT molecular complexity index is 537. The van der Waals surface area contributed by atoms with E-state index in [0.29, 0.717) is 25.7 Å². The Hall–Kier alpha value is -2.16. The van der Waals surface area contributed by atoms with Gasteiger partial charge in [-0.05, 0) is 37.8 Å². The number of nitrogens with two attached hydrogens (primary N) is 1. The first-order valence-corrected chi connectivity index (χ1v) is 6.46. The molecular formula is C14H15F2N3O. The molecule has 0 saturated heterocycles. The summed E-state index contributed by atoms with van der Waals surface area (Å²) in [6.45, 7) is 0. The third-order valence-electron chi connectivity index (χ3n) is 3.65. The first kappa shape index (κ1) is 14.3. The van der Waals surface area contributed by atoms with Crippen molar-refractivity contribution in [2.24, 2.45) is 11.7 Å². The minimum absolute atomic E-state index is 0.0528. The monoisotopic (exact) mass is 279 g/mol. The fourth-order valence-electron chi connectivity index (χ4n) is 2.50. The zero-order valence-corrected chi connectivity index (χ0v) is 10.8. The van der Waals surface area contributed by atoms with Crippen LogP contribution in [0.2, 0.25) is 0 Å². The number of primary amides is 1. The van der Waals surface area contributed by atoms with Gasteiger partial charge < -0.3 is 11.1 Å². The predicted octanol–water partition coefficient (Wildman–Crippen LogP) is 2.29. The Labute approximate surface area is 115 Å². The fraction of sp³-hybridized carbons (Fsp3) is 0.429. The van der Waals surface area contributed by atoms with Gasteiger partial charge in [-0.15, -0.1) is 0 Å². The van der Waals surface area contributed by atoms with Crippen molar-refractivity contribution in [3.63, 3.8) is 0 Å². The molecular weight excluding hydrogens is 264 g/mol. The Kier molecular flexibility index (Phi) is 4.18. The van der Waals surface area contributed by atoms with Crippen molar-refractivity contribution in [3.8, 4) is 6.07 Å². The minimum Gasteiger partial charge on any atom is -0.378 e. The maximum Gasteiger partial charge on any atom is 0.220 e. The lowest BCUT2D eigenvalue weighted by atomic mass is 9.85. The van der Waals surface area contributed by atoms with Crippen LogP contribution in [0, 0.1) is 28.9 Å². The molecule has 6 heteroatoms. The van der Waals surface area contributed by atoms with Crippen molar-refractivity contribution in [2.45, 2.75) is 31.7 Å². The van der Waals surface area contributed by atoms with Gasteiger partial charge in [-0.2, -0.15) is 5.26 Å². The number of nitrogens with one attached hydrogen (secondary N) is 1. The molecule has 0 unspecified atom stereocenters. The molecule has 0 bridgehead atoms. The number of anilines is 1. The van der Waals surface area contributed by atoms with E-state index < -0.39 is 11.6 Å². The molecule has 0 radical (unpaired) electrons. The molecule has 4 nitrogen and oxygen atoms in total. The van der Waals surface area contributed by atoms with Gasteiger partial charge in [0, 0.05) is 12.0 Å². The SMILES string of the molecule is N#Cc1cc(F)c(NC2CCC(C(N)=O)CC2)c(F)c1. The highest BCUT2D eigenvalue weighted by molar-refractivity contribution is 5.76. The van der Waals surface area contributed by atoms with Gasteiger partial charge in [0.25, 0.3) is 0 Å². The van der Waals surface area contributed by atoms with Gasteiger partial charge in [-0.25, -0.2) is 8.78 Å². The maximum atomic E-state index is 13.7. The molecule has 1 aliphatic rings. The van der Waals surface area contributed by atoms with E-state index in [1.165, 1.54) is 0 Å². The number of amides is 1. The van der Waals surface area contributed by atoms with Gasteiger partial charge in [0.2, 0.25) is 5.91 Å². The minimum atomic E-state index is -0.779. The molecule has 1 amide bonds. The zero-order valence-electron chi connectivity index (χ0n) is 10.8. The third-order valence-corrected chi connectivity index (χ3v) is 3.65. The molecule has 0 atom stereocenters. The van der Waals surface area contributed by atoms with Crippen LogP contribution in [0.25, 0.3) is 0 Å². The Balaban J connectivity index is 2.05. The standard InChI is InChI=1S/C14H15F2N3O/c15-11-5-8(7-17)6-12(16)13(11)19-10-3-1-9(2-4-10)14(18)20/h5-6,9-10,19H,1-4H2,(H2,18,20). The lowest BCUT2D eigenvalue weighted by molar-refractivity contribution is -0.122. The van der Waals surface area contributed by atoms with Gasteiger partial charge >= 0.3 is 0 Å². The Morgan fingerprint density at radius 3 is 2.25 bits per heavy atom. The molecule has 0 aromatic heterocycles. The summed E-state index contributed by atoms with van der Waals surface area (Å²) in [5.74, 6) is -2.03. The highest BCUT2D eigenvalue weighted by Crippen LogP contribution is 2.28. The van der Waals surface area contributed by atoms with Gasteiger partial charge in [0.05, 0.1) is 11.6 Å². The van der Waals surface area contributed by atoms with E-state index in [9.17, 15) is 13.6 Å². The van der Waals surface area contributed by atoms with Crippen LogP contribution in [0.5, 0.6) is 0 Å². The number of halogens is 2. The Morgan fingerprint density at radius 1 is 1.25 bits per heavy atom. The third kappa shape index (κ3) is 3.05. The molecule has 1 fully saturated rings. The van der Waals surface area contributed by atoms with Crippen LogP contribution in [0.15, 0.2) is 12.1 Å². The first-order chi connectivity index (χ1) is 9.51. The molecule has 20 heavy (non-hydrogen) atoms. The van der Waals surface area contributed by atoms with E-state index in [-0.39, 0.29) is 29.1 Å². The van der Waals surface area contributed by atoms with Crippen LogP contribution in [0.1, 0.15) is 31.2 Å². The van der Waals surface area contributed by atoms with Crippen molar-refractivity contribution < 1.29 is 13.6 Å². The number of nitrogens with zero attached hydrogens (tertiary/aromatic N) is 1. The van der Waals surface area contributed by atoms with Gasteiger partial charge in [0.15, 0.2) is 11.6 Å². The molecule has 0 heterocycles. The quantitative estimate of drug-likeness (QED) is 0.891. The zero-order chi connectivity index (χ0) is 14.7. The van der Waals surface area contributed by atoms with Gasteiger partial charge in [0.1, 0.15) is 5.69 Å². The molecule has 1 aliphatic carbocycles. The fourth-order valence-corrected chi connectivity index (χ4v) is 2.50. The number of rotatable bonds is 3. The van der Waals surface area contributed by atoms with Gasteiger partial charge in [-0.3, -0.25) is 4.79 Å². The number of hydrogen-bond acceptors (Lipinski definition) is 3. The molecule has 2 rings (SSSR count). The average molecular weight is 279 g/mol. The highest BCUT2D eigenvalue weighted by Gasteiger charge is 2.25. The van der Waals surface area contributed by atoms with E-state index in [1.807, 2.05) is 0 Å². The molecule has 106 valence electrons. The summed E-state index contributed by atoms with van der Waals surface area (Å²) in [5.41, 5.74) is 4.97. The van der Waals surface area contributed by atoms with Crippen molar-refractivity contribution in [2.75, 3.05) is 5.32 Å². The summed E-state index contributed by atoms with van der Waals surface area (Å²) in [5, 5.41) is 11.4. The summed E-state index contributed by atoms with van der Waals surface area (Å²) < 4.78 is 27.5. The van der Waals surface area contributed by atoms with Crippen LogP contribution < -0.4 is 11.1 Å². The smallest absolute Gasteiger partial charge is 0.220 e. The second-order valence-electron chi connectivity index (χ2n) is 5.02. The highest BCUT2D eigenvalue weighted by atomic mass is 19.1. The van der Waals surface area contributed by atoms with E-state index in [2.05, 4.69) is 5.32 Å². The average Bonchev–Trinajstić information content (AvgIpc) is 2.43. The van der Waals surface area contributed by atoms with Crippen LogP contribution in [0.4, 0.5) is 14.5 Å². The topological polar surface area (TPSA) is 78.9 Å². The summed E-state index contributed by atoms with van der Waals surface area (Å²) in [4.78, 5) is 11.0. The number of hydrogen-bond donors (Lipinski definition) is 2. The lowest BCUT2D eigenvalue weighted by Gasteiger charge is -2.28. The van der Waals surface area contributed by atoms with Crippen molar-refractivity contribution in [1.82, 2.24) is 0 Å². The second kappa shape index (κ2) is 5.87. The number of benzene rings is 1. The van der Waals surface area contributed by atoms with Gasteiger partial charge in [-0.1, -0.05) is 0 Å². The molecule has 0 aliphatic heterocycles. The van der Waals surface area contributed by atoms with E-state index in [0.717, 1.165) is 12.1 Å². The predicted molar refractivity (Wildman–Crippen MR) is 69.6 cm³/mol. The van der Waals surface area contributed by atoms with Crippen LogP contribution in [-0.4, -0.2) is 11.9 Å². The number of carbonyl (C=O) groups excluding carboxylic acids is 1. The van der Waals surface area contributed by atoms with Crippen molar-refractivity contribution in [1.29, 1.82) is 5.26 Å². The van der Waals surface area contributed by atoms with Crippen LogP contribution in [0.3, 0.4) is 0 Å². The molecule has 3 N–H and O–H groups in total. The Morgan fingerprint density at radius 2 is 1.80 bits per heavy atom. The molecule has 0 spiro atoms. The largest absolute Gasteiger partial charge is 0.378 e. The van der Waals surface area contributed by atoms with E-state index >= 15 is 0 Å². The van der Waals surface area contributed by atoms with Crippen molar-refractivity contribution in [3.05, 3.63) is 29.3 Å². The van der Waals surface area contributed by atoms with E-state index in [1.54, 1.807) is 6.07 Å². The van der Waals surface area contributed by atoms with E-state index in [4.69, 9.17) is 11.0 Å². The van der Waals surface area contributed by atoms with Crippen molar-refractivity contribution >= 4 is 11.6 Å². The molecule has 1 aromatic rings. The first-order valence-electron chi connectivity index (χ1n) is 6.46. The summed E-state index contributed by atoms with van der Waals surface area (Å²) >= 11 is 0. The second-order valence-corrected chi connectivity index (χ2v) is 5.02. The summed E-state index contributed by atoms with van der Waals surface area (Å²) in [6, 6.07) is 3.60. The number of carbonyl (C=O) groups is 1. The normalized spacial score (nSPS) is 22.1. The number of nitriles is 1. The lowest BCUT2D eigenvalue weighted by Crippen LogP contribution is -2.32. The van der Waals surface area contributed by atoms with Crippen LogP contribution in [-0.2, 0) is 4.79 Å². The molecule has 1 saturated carbocycles. The molecule has 1 aromatic carbocycles. The summed E-state index contributed by atoms with van der Waals surface area (Å²) in [6.07, 6.45) is 2.50. The summed E-state index contributed by atoms with van der Waals surface area (Å²) in [7, 11) is 0.